The van der Waals surface area contributed by atoms with Gasteiger partial charge in [0.05, 0.1) is 0 Å². The highest BCUT2D eigenvalue weighted by Gasteiger charge is 2.04. The average Bonchev–Trinajstić information content (AvgIpc) is 2.86. The molecule has 0 radical (unpaired) electrons. The van der Waals surface area contributed by atoms with E-state index in [-0.39, 0.29) is 0 Å². The molecule has 0 amide bonds. The minimum Gasteiger partial charge on any atom is -0.313 e. The molecular formula is C13H18N4S. The van der Waals surface area contributed by atoms with Crippen molar-refractivity contribution in [2.45, 2.75) is 36.9 Å². The molecule has 0 bridgehead atoms. The third kappa shape index (κ3) is 3.58. The first-order valence-electron chi connectivity index (χ1n) is 6.13. The first-order chi connectivity index (χ1) is 8.79. The van der Waals surface area contributed by atoms with Crippen LogP contribution in [0.2, 0.25) is 0 Å². The van der Waals surface area contributed by atoms with E-state index in [0.717, 1.165) is 18.2 Å². The molecule has 0 fully saturated rings. The zero-order valence-corrected chi connectivity index (χ0v) is 11.5. The van der Waals surface area contributed by atoms with E-state index in [1.165, 1.54) is 28.8 Å². The Hall–Kier alpha value is -1.33. The maximum Gasteiger partial charge on any atom is 0.188 e. The van der Waals surface area contributed by atoms with Gasteiger partial charge in [-0.25, -0.2) is 4.98 Å². The lowest BCUT2D eigenvalue weighted by atomic mass is 10.1. The number of benzene rings is 1. The minimum absolute atomic E-state index is 0.829. The normalized spacial score (nSPS) is 10.8. The lowest BCUT2D eigenvalue weighted by molar-refractivity contribution is 0.675. The Morgan fingerprint density at radius 3 is 2.94 bits per heavy atom. The van der Waals surface area contributed by atoms with E-state index >= 15 is 0 Å². The molecule has 0 saturated heterocycles. The second kappa shape index (κ2) is 6.56. The summed E-state index contributed by atoms with van der Waals surface area (Å²) in [6, 6.07) is 6.53. The van der Waals surface area contributed by atoms with Gasteiger partial charge in [-0.1, -0.05) is 30.8 Å². The summed E-state index contributed by atoms with van der Waals surface area (Å²) in [6.07, 6.45) is 2.69. The summed E-state index contributed by atoms with van der Waals surface area (Å²) < 4.78 is 0. The van der Waals surface area contributed by atoms with Crippen molar-refractivity contribution in [1.82, 2.24) is 20.5 Å². The maximum absolute atomic E-state index is 4.12. The fourth-order valence-electron chi connectivity index (χ4n) is 1.69. The van der Waals surface area contributed by atoms with E-state index in [2.05, 4.69) is 52.5 Å². The van der Waals surface area contributed by atoms with Crippen molar-refractivity contribution in [2.75, 3.05) is 6.54 Å². The van der Waals surface area contributed by atoms with E-state index in [9.17, 15) is 0 Å². The van der Waals surface area contributed by atoms with Gasteiger partial charge in [0.1, 0.15) is 6.33 Å². The Bertz CT molecular complexity index is 482. The molecule has 0 aliphatic heterocycles. The van der Waals surface area contributed by atoms with Crippen molar-refractivity contribution in [1.29, 1.82) is 0 Å². The molecule has 4 nitrogen and oxygen atoms in total. The molecule has 2 rings (SSSR count). The highest BCUT2D eigenvalue weighted by atomic mass is 32.2. The predicted octanol–water partition coefficient (Wildman–Crippen LogP) is 2.76. The highest BCUT2D eigenvalue weighted by molar-refractivity contribution is 7.99. The number of aryl methyl sites for hydroxylation is 1. The Kier molecular flexibility index (Phi) is 4.78. The zero-order valence-electron chi connectivity index (χ0n) is 10.7. The number of rotatable bonds is 6. The quantitative estimate of drug-likeness (QED) is 0.786. The first-order valence-corrected chi connectivity index (χ1v) is 6.94. The number of aromatic nitrogens is 3. The van der Waals surface area contributed by atoms with Crippen molar-refractivity contribution in [3.63, 3.8) is 0 Å². The SMILES string of the molecule is CCCNCc1ccc(Sc2ncn[nH]2)c(C)c1. The van der Waals surface area contributed by atoms with Gasteiger partial charge >= 0.3 is 0 Å². The summed E-state index contributed by atoms with van der Waals surface area (Å²) in [5, 5.41) is 10.9. The summed E-state index contributed by atoms with van der Waals surface area (Å²) in [6.45, 7) is 6.30. The van der Waals surface area contributed by atoms with E-state index in [1.54, 1.807) is 11.8 Å². The van der Waals surface area contributed by atoms with Crippen LogP contribution in [0.1, 0.15) is 24.5 Å². The number of nitrogens with zero attached hydrogens (tertiary/aromatic N) is 2. The van der Waals surface area contributed by atoms with Gasteiger partial charge in [-0.15, -0.1) is 0 Å². The van der Waals surface area contributed by atoms with Gasteiger partial charge in [-0.3, -0.25) is 5.10 Å². The molecule has 1 aromatic carbocycles. The van der Waals surface area contributed by atoms with Crippen LogP contribution in [0, 0.1) is 6.92 Å². The summed E-state index contributed by atoms with van der Waals surface area (Å²) in [5.41, 5.74) is 2.59. The molecule has 5 heteroatoms. The van der Waals surface area contributed by atoms with E-state index in [0.29, 0.717) is 0 Å². The van der Waals surface area contributed by atoms with E-state index < -0.39 is 0 Å². The molecule has 1 aromatic heterocycles. The van der Waals surface area contributed by atoms with Crippen LogP contribution >= 0.6 is 11.8 Å². The Morgan fingerprint density at radius 2 is 2.28 bits per heavy atom. The second-order valence-corrected chi connectivity index (χ2v) is 5.20. The molecule has 2 aromatic rings. The van der Waals surface area contributed by atoms with Crippen molar-refractivity contribution in [3.05, 3.63) is 35.7 Å². The van der Waals surface area contributed by atoms with Crippen LogP contribution in [0.25, 0.3) is 0 Å². The third-order valence-electron chi connectivity index (χ3n) is 2.59. The smallest absolute Gasteiger partial charge is 0.188 e. The van der Waals surface area contributed by atoms with Crippen LogP contribution in [-0.4, -0.2) is 21.7 Å². The monoisotopic (exact) mass is 262 g/mol. The Labute approximate surface area is 112 Å². The van der Waals surface area contributed by atoms with Crippen LogP contribution in [0.15, 0.2) is 34.6 Å². The lowest BCUT2D eigenvalue weighted by Crippen LogP contribution is -2.13. The van der Waals surface area contributed by atoms with Crippen LogP contribution in [0.4, 0.5) is 0 Å². The topological polar surface area (TPSA) is 53.6 Å². The van der Waals surface area contributed by atoms with Gasteiger partial charge in [-0.05, 0) is 37.1 Å². The molecule has 0 unspecified atom stereocenters. The minimum atomic E-state index is 0.829. The summed E-state index contributed by atoms with van der Waals surface area (Å²) in [4.78, 5) is 5.33. The largest absolute Gasteiger partial charge is 0.313 e. The number of hydrogen-bond donors (Lipinski definition) is 2. The highest BCUT2D eigenvalue weighted by Crippen LogP contribution is 2.27. The van der Waals surface area contributed by atoms with Gasteiger partial charge in [0.2, 0.25) is 0 Å². The molecule has 18 heavy (non-hydrogen) atoms. The van der Waals surface area contributed by atoms with Crippen LogP contribution in [0.5, 0.6) is 0 Å². The van der Waals surface area contributed by atoms with Crippen molar-refractivity contribution in [3.8, 4) is 0 Å². The number of hydrogen-bond acceptors (Lipinski definition) is 4. The summed E-state index contributed by atoms with van der Waals surface area (Å²) in [7, 11) is 0. The van der Waals surface area contributed by atoms with Gasteiger partial charge in [0.15, 0.2) is 5.16 Å². The van der Waals surface area contributed by atoms with Crippen molar-refractivity contribution in [2.24, 2.45) is 0 Å². The van der Waals surface area contributed by atoms with E-state index in [4.69, 9.17) is 0 Å². The zero-order chi connectivity index (χ0) is 12.8. The third-order valence-corrected chi connectivity index (χ3v) is 3.66. The standard InChI is InChI=1S/C13H18N4S/c1-3-6-14-8-11-4-5-12(10(2)7-11)18-13-15-9-16-17-13/h4-5,7,9,14H,3,6,8H2,1-2H3,(H,15,16,17). The van der Waals surface area contributed by atoms with Gasteiger partial charge in [0, 0.05) is 11.4 Å². The number of H-pyrrole nitrogens is 1. The van der Waals surface area contributed by atoms with Crippen molar-refractivity contribution >= 4 is 11.8 Å². The van der Waals surface area contributed by atoms with Gasteiger partial charge < -0.3 is 5.32 Å². The molecular weight excluding hydrogens is 244 g/mol. The fourth-order valence-corrected chi connectivity index (χ4v) is 2.46. The van der Waals surface area contributed by atoms with Gasteiger partial charge in [-0.2, -0.15) is 5.10 Å². The molecule has 0 aliphatic rings. The van der Waals surface area contributed by atoms with Gasteiger partial charge in [0.25, 0.3) is 0 Å². The van der Waals surface area contributed by atoms with E-state index in [1.807, 2.05) is 0 Å². The summed E-state index contributed by atoms with van der Waals surface area (Å²) >= 11 is 1.61. The Morgan fingerprint density at radius 1 is 1.39 bits per heavy atom. The molecule has 0 spiro atoms. The van der Waals surface area contributed by atoms with Crippen LogP contribution < -0.4 is 5.32 Å². The summed E-state index contributed by atoms with van der Waals surface area (Å²) in [5.74, 6) is 0. The average molecular weight is 262 g/mol. The first kappa shape index (κ1) is 13.1. The van der Waals surface area contributed by atoms with Crippen LogP contribution in [0.3, 0.4) is 0 Å². The predicted molar refractivity (Wildman–Crippen MR) is 73.7 cm³/mol. The molecule has 2 N–H and O–H groups in total. The molecule has 0 saturated carbocycles. The maximum atomic E-state index is 4.12. The fraction of sp³-hybridized carbons (Fsp3) is 0.385. The second-order valence-electron chi connectivity index (χ2n) is 4.17. The Balaban J connectivity index is 2.01. The van der Waals surface area contributed by atoms with Crippen molar-refractivity contribution < 1.29 is 0 Å². The molecule has 0 aliphatic carbocycles. The molecule has 1 heterocycles. The number of nitrogens with one attached hydrogen (secondary N) is 2. The lowest BCUT2D eigenvalue weighted by Gasteiger charge is -2.07. The number of aromatic amines is 1. The molecule has 0 atom stereocenters. The van der Waals surface area contributed by atoms with Crippen LogP contribution in [-0.2, 0) is 6.54 Å². The molecule has 96 valence electrons.